The normalized spacial score (nSPS) is 20.7. The molecule has 1 unspecified atom stereocenters. The number of hydrogen-bond acceptors (Lipinski definition) is 7. The Bertz CT molecular complexity index is 384. The van der Waals surface area contributed by atoms with Crippen molar-refractivity contribution in [3.05, 3.63) is 5.82 Å². The Morgan fingerprint density at radius 1 is 1.28 bits per heavy atom. The molecule has 2 heterocycles. The quantitative estimate of drug-likeness (QED) is 0.731. The average Bonchev–Trinajstić information content (AvgIpc) is 2.38. The van der Waals surface area contributed by atoms with Gasteiger partial charge in [0.05, 0.1) is 27.4 Å². The Kier molecular flexibility index (Phi) is 4.51. The van der Waals surface area contributed by atoms with E-state index in [0.29, 0.717) is 25.5 Å². The Hall–Kier alpha value is -1.18. The second kappa shape index (κ2) is 6.12. The van der Waals surface area contributed by atoms with Gasteiger partial charge in [0.25, 0.3) is 0 Å². The molecule has 1 aliphatic heterocycles. The fraction of sp³-hybridized carbons (Fsp3) is 0.700. The minimum atomic E-state index is -0.288. The predicted octanol–water partition coefficient (Wildman–Crippen LogP) is 0.286. The van der Waals surface area contributed by atoms with Gasteiger partial charge in [-0.1, -0.05) is 11.6 Å². The maximum atomic E-state index is 5.93. The summed E-state index contributed by atoms with van der Waals surface area (Å²) in [6.45, 7) is 2.59. The zero-order valence-electron chi connectivity index (χ0n) is 10.3. The first-order valence-corrected chi connectivity index (χ1v) is 5.96. The minimum absolute atomic E-state index is 0.243. The zero-order valence-corrected chi connectivity index (χ0v) is 11.1. The zero-order chi connectivity index (χ0) is 13.0. The molecule has 1 atom stereocenters. The molecule has 2 rings (SSSR count). The van der Waals surface area contributed by atoms with Gasteiger partial charge in [-0.3, -0.25) is 4.90 Å². The van der Waals surface area contributed by atoms with Crippen LogP contribution in [0.15, 0.2) is 0 Å². The van der Waals surface area contributed by atoms with Crippen molar-refractivity contribution >= 4 is 11.6 Å². The lowest BCUT2D eigenvalue weighted by Gasteiger charge is -2.29. The second-order valence-corrected chi connectivity index (χ2v) is 4.23. The molecule has 0 bridgehead atoms. The maximum Gasteiger partial charge on any atom is 0.322 e. The van der Waals surface area contributed by atoms with E-state index in [4.69, 9.17) is 25.8 Å². The molecule has 1 aromatic rings. The molecule has 100 valence electrons. The van der Waals surface area contributed by atoms with Crippen LogP contribution in [-0.4, -0.2) is 59.3 Å². The third kappa shape index (κ3) is 3.41. The maximum absolute atomic E-state index is 5.93. The van der Waals surface area contributed by atoms with E-state index in [-0.39, 0.29) is 17.6 Å². The van der Waals surface area contributed by atoms with Gasteiger partial charge in [0.1, 0.15) is 5.56 Å². The first kappa shape index (κ1) is 13.3. The topological polar surface area (TPSA) is 69.6 Å². The SMILES string of the molecule is COc1nc(CN2CCOC(Cl)C2)nc(OC)n1. The summed E-state index contributed by atoms with van der Waals surface area (Å²) in [4.78, 5) is 14.4. The van der Waals surface area contributed by atoms with Crippen molar-refractivity contribution in [2.75, 3.05) is 33.9 Å². The summed E-state index contributed by atoms with van der Waals surface area (Å²) in [5.41, 5.74) is -0.288. The summed E-state index contributed by atoms with van der Waals surface area (Å²) >= 11 is 5.93. The van der Waals surface area contributed by atoms with E-state index in [0.717, 1.165) is 6.54 Å². The number of halogens is 1. The van der Waals surface area contributed by atoms with E-state index in [9.17, 15) is 0 Å². The van der Waals surface area contributed by atoms with Crippen LogP contribution in [-0.2, 0) is 11.3 Å². The molecule has 0 amide bonds. The van der Waals surface area contributed by atoms with E-state index in [2.05, 4.69) is 19.9 Å². The van der Waals surface area contributed by atoms with Gasteiger partial charge < -0.3 is 14.2 Å². The fourth-order valence-corrected chi connectivity index (χ4v) is 1.92. The molecular formula is C10H15ClN4O3. The molecule has 1 saturated heterocycles. The standard InChI is InChI=1S/C10H15ClN4O3/c1-16-9-12-8(13-10(14-9)17-2)6-15-3-4-18-7(11)5-15/h7H,3-6H2,1-2H3. The van der Waals surface area contributed by atoms with Crippen molar-refractivity contribution < 1.29 is 14.2 Å². The van der Waals surface area contributed by atoms with E-state index >= 15 is 0 Å². The van der Waals surface area contributed by atoms with Crippen molar-refractivity contribution in [3.63, 3.8) is 0 Å². The number of rotatable bonds is 4. The Morgan fingerprint density at radius 2 is 1.94 bits per heavy atom. The monoisotopic (exact) mass is 274 g/mol. The lowest BCUT2D eigenvalue weighted by Crippen LogP contribution is -2.39. The van der Waals surface area contributed by atoms with Crippen LogP contribution in [0, 0.1) is 0 Å². The van der Waals surface area contributed by atoms with Gasteiger partial charge in [0, 0.05) is 13.1 Å². The molecule has 1 fully saturated rings. The molecule has 0 saturated carbocycles. The molecule has 0 N–H and O–H groups in total. The Labute approximate surface area is 110 Å². The molecule has 18 heavy (non-hydrogen) atoms. The first-order valence-electron chi connectivity index (χ1n) is 5.52. The molecule has 1 aliphatic rings. The lowest BCUT2D eigenvalue weighted by atomic mass is 10.4. The summed E-state index contributed by atoms with van der Waals surface area (Å²) in [6, 6.07) is 0.486. The van der Waals surface area contributed by atoms with Gasteiger partial charge in [-0.25, -0.2) is 0 Å². The highest BCUT2D eigenvalue weighted by molar-refractivity contribution is 6.19. The molecule has 7 nitrogen and oxygen atoms in total. The van der Waals surface area contributed by atoms with E-state index in [1.165, 1.54) is 14.2 Å². The Balaban J connectivity index is 2.07. The van der Waals surface area contributed by atoms with E-state index in [1.54, 1.807) is 0 Å². The molecule has 0 aliphatic carbocycles. The minimum Gasteiger partial charge on any atom is -0.467 e. The van der Waals surface area contributed by atoms with Gasteiger partial charge in [0.15, 0.2) is 5.82 Å². The first-order chi connectivity index (χ1) is 8.71. The van der Waals surface area contributed by atoms with E-state index < -0.39 is 0 Å². The van der Waals surface area contributed by atoms with Crippen molar-refractivity contribution in [2.24, 2.45) is 0 Å². The number of hydrogen-bond donors (Lipinski definition) is 0. The molecular weight excluding hydrogens is 260 g/mol. The smallest absolute Gasteiger partial charge is 0.322 e. The predicted molar refractivity (Wildman–Crippen MR) is 63.8 cm³/mol. The number of alkyl halides is 1. The largest absolute Gasteiger partial charge is 0.467 e. The molecule has 1 aromatic heterocycles. The van der Waals surface area contributed by atoms with Gasteiger partial charge in [0.2, 0.25) is 0 Å². The van der Waals surface area contributed by atoms with Gasteiger partial charge in [-0.05, 0) is 0 Å². The van der Waals surface area contributed by atoms with Crippen molar-refractivity contribution in [2.45, 2.75) is 12.1 Å². The third-order valence-electron chi connectivity index (χ3n) is 2.48. The second-order valence-electron chi connectivity index (χ2n) is 3.74. The number of nitrogens with zero attached hydrogens (tertiary/aromatic N) is 4. The van der Waals surface area contributed by atoms with Crippen LogP contribution in [0.5, 0.6) is 12.0 Å². The Morgan fingerprint density at radius 3 is 2.50 bits per heavy atom. The third-order valence-corrected chi connectivity index (χ3v) is 2.74. The van der Waals surface area contributed by atoms with Crippen molar-refractivity contribution in [1.29, 1.82) is 0 Å². The van der Waals surface area contributed by atoms with E-state index in [1.807, 2.05) is 0 Å². The summed E-state index contributed by atoms with van der Waals surface area (Å²) in [5, 5.41) is 0. The van der Waals surface area contributed by atoms with Gasteiger partial charge in [-0.2, -0.15) is 9.97 Å². The van der Waals surface area contributed by atoms with Crippen LogP contribution in [0.25, 0.3) is 0 Å². The number of ether oxygens (including phenoxy) is 3. The van der Waals surface area contributed by atoms with Crippen LogP contribution >= 0.6 is 11.6 Å². The number of methoxy groups -OCH3 is 2. The van der Waals surface area contributed by atoms with Crippen molar-refractivity contribution in [1.82, 2.24) is 19.9 Å². The average molecular weight is 275 g/mol. The highest BCUT2D eigenvalue weighted by atomic mass is 35.5. The summed E-state index contributed by atoms with van der Waals surface area (Å²) in [5.74, 6) is 0.587. The summed E-state index contributed by atoms with van der Waals surface area (Å²) in [7, 11) is 3.00. The molecule has 0 spiro atoms. The number of aromatic nitrogens is 3. The summed E-state index contributed by atoms with van der Waals surface area (Å²) in [6.07, 6.45) is 0. The molecule has 0 radical (unpaired) electrons. The highest BCUT2D eigenvalue weighted by Gasteiger charge is 2.20. The highest BCUT2D eigenvalue weighted by Crippen LogP contribution is 2.13. The summed E-state index contributed by atoms with van der Waals surface area (Å²) < 4.78 is 15.2. The van der Waals surface area contributed by atoms with Crippen LogP contribution in [0.3, 0.4) is 0 Å². The molecule has 8 heteroatoms. The molecule has 0 aromatic carbocycles. The van der Waals surface area contributed by atoms with Crippen LogP contribution < -0.4 is 9.47 Å². The fourth-order valence-electron chi connectivity index (χ4n) is 1.63. The van der Waals surface area contributed by atoms with Crippen LogP contribution in [0.4, 0.5) is 0 Å². The van der Waals surface area contributed by atoms with Crippen LogP contribution in [0.1, 0.15) is 5.82 Å². The van der Waals surface area contributed by atoms with Crippen molar-refractivity contribution in [3.8, 4) is 12.0 Å². The number of morpholine rings is 1. The van der Waals surface area contributed by atoms with Gasteiger partial charge >= 0.3 is 12.0 Å². The lowest BCUT2D eigenvalue weighted by molar-refractivity contribution is 0.00959. The van der Waals surface area contributed by atoms with Gasteiger partial charge in [-0.15, -0.1) is 4.98 Å². The van der Waals surface area contributed by atoms with Crippen LogP contribution in [0.2, 0.25) is 0 Å².